The summed E-state index contributed by atoms with van der Waals surface area (Å²) in [5.74, 6) is 0.319. The molecule has 0 radical (unpaired) electrons. The van der Waals surface area contributed by atoms with Crippen molar-refractivity contribution in [2.45, 2.75) is 23.3 Å². The highest BCUT2D eigenvalue weighted by atomic mass is 32.2. The van der Waals surface area contributed by atoms with Gasteiger partial charge in [-0.1, -0.05) is 12.1 Å². The molecule has 158 valence electrons. The van der Waals surface area contributed by atoms with E-state index in [1.807, 2.05) is 19.1 Å². The molecule has 1 N–H and O–H groups in total. The molecule has 4 rings (SSSR count). The lowest BCUT2D eigenvalue weighted by Gasteiger charge is -2.09. The molecule has 2 aromatic heterocycles. The predicted octanol–water partition coefficient (Wildman–Crippen LogP) is 4.38. The zero-order chi connectivity index (χ0) is 22.0. The number of aryl methyl sites for hydroxylation is 1. The van der Waals surface area contributed by atoms with Gasteiger partial charge in [-0.2, -0.15) is 0 Å². The topological polar surface area (TPSA) is 85.4 Å². The number of sulfone groups is 1. The minimum atomic E-state index is -3.67. The summed E-state index contributed by atoms with van der Waals surface area (Å²) in [5.41, 5.74) is 1.60. The van der Waals surface area contributed by atoms with Crippen LogP contribution in [0.25, 0.3) is 10.1 Å². The Bertz CT molecular complexity index is 1330. The molecule has 0 spiro atoms. The first-order chi connectivity index (χ1) is 14.9. The van der Waals surface area contributed by atoms with Gasteiger partial charge in [-0.15, -0.1) is 11.3 Å². The number of ether oxygens (including phenoxy) is 1. The van der Waals surface area contributed by atoms with Crippen LogP contribution in [0.2, 0.25) is 0 Å². The van der Waals surface area contributed by atoms with E-state index in [0.717, 1.165) is 21.2 Å². The van der Waals surface area contributed by atoms with Crippen LogP contribution >= 0.6 is 11.3 Å². The number of benzene rings is 2. The lowest BCUT2D eigenvalue weighted by Crippen LogP contribution is -2.21. The fourth-order valence-electron chi connectivity index (χ4n) is 3.18. The number of carbonyl (C=O) groups excluding carboxylic acids is 1. The van der Waals surface area contributed by atoms with Gasteiger partial charge in [0.05, 0.1) is 26.5 Å². The Balaban J connectivity index is 1.47. The monoisotopic (exact) mass is 452 g/mol. The Morgan fingerprint density at radius 2 is 1.84 bits per heavy atom. The first-order valence-electron chi connectivity index (χ1n) is 9.48. The van der Waals surface area contributed by atoms with Crippen LogP contribution in [0, 0.1) is 6.92 Å². The van der Waals surface area contributed by atoms with Gasteiger partial charge < -0.3 is 10.1 Å². The van der Waals surface area contributed by atoms with Crippen LogP contribution in [0.5, 0.6) is 5.75 Å². The van der Waals surface area contributed by atoms with Crippen molar-refractivity contribution in [1.29, 1.82) is 0 Å². The SMILES string of the molecule is COc1cc(C)cc(S(=O)(=O)c2ccc(CNC(=O)c3cc4ccncc4s3)cc2)c1. The van der Waals surface area contributed by atoms with E-state index in [4.69, 9.17) is 4.74 Å². The Hall–Kier alpha value is -3.23. The molecular formula is C23H20N2O4S2. The molecule has 0 saturated carbocycles. The number of pyridine rings is 1. The molecule has 0 atom stereocenters. The van der Waals surface area contributed by atoms with Gasteiger partial charge in [0.1, 0.15) is 5.75 Å². The van der Waals surface area contributed by atoms with Crippen molar-refractivity contribution >= 4 is 37.2 Å². The number of nitrogens with zero attached hydrogens (tertiary/aromatic N) is 1. The number of methoxy groups -OCH3 is 1. The Morgan fingerprint density at radius 1 is 1.06 bits per heavy atom. The van der Waals surface area contributed by atoms with Crippen molar-refractivity contribution in [3.05, 3.63) is 83.0 Å². The Morgan fingerprint density at radius 3 is 2.55 bits per heavy atom. The van der Waals surface area contributed by atoms with Crippen molar-refractivity contribution < 1.29 is 17.9 Å². The minimum absolute atomic E-state index is 0.176. The van der Waals surface area contributed by atoms with Crippen LogP contribution in [0.4, 0.5) is 0 Å². The number of aromatic nitrogens is 1. The number of hydrogen-bond donors (Lipinski definition) is 1. The summed E-state index contributed by atoms with van der Waals surface area (Å²) in [4.78, 5) is 17.5. The number of rotatable bonds is 6. The normalized spacial score (nSPS) is 11.4. The van der Waals surface area contributed by atoms with Crippen molar-refractivity contribution in [2.75, 3.05) is 7.11 Å². The third-order valence-electron chi connectivity index (χ3n) is 4.80. The summed E-state index contributed by atoms with van der Waals surface area (Å²) in [6.07, 6.45) is 3.43. The van der Waals surface area contributed by atoms with Gasteiger partial charge in [0.15, 0.2) is 0 Å². The molecule has 0 saturated heterocycles. The van der Waals surface area contributed by atoms with E-state index in [0.29, 0.717) is 17.2 Å². The molecule has 0 aliphatic carbocycles. The highest BCUT2D eigenvalue weighted by Crippen LogP contribution is 2.27. The average Bonchev–Trinajstić information content (AvgIpc) is 3.21. The molecule has 31 heavy (non-hydrogen) atoms. The summed E-state index contributed by atoms with van der Waals surface area (Å²) in [5, 5.41) is 3.85. The molecular weight excluding hydrogens is 432 g/mol. The largest absolute Gasteiger partial charge is 0.497 e. The second-order valence-electron chi connectivity index (χ2n) is 7.04. The van der Waals surface area contributed by atoms with Gasteiger partial charge in [-0.05, 0) is 65.9 Å². The fourth-order valence-corrected chi connectivity index (χ4v) is 5.50. The maximum Gasteiger partial charge on any atom is 0.261 e. The van der Waals surface area contributed by atoms with Gasteiger partial charge in [0.25, 0.3) is 5.91 Å². The quantitative estimate of drug-likeness (QED) is 0.469. The van der Waals surface area contributed by atoms with E-state index in [1.54, 1.807) is 48.8 Å². The number of hydrogen-bond acceptors (Lipinski definition) is 6. The van der Waals surface area contributed by atoms with Gasteiger partial charge in [-0.25, -0.2) is 8.42 Å². The number of carbonyl (C=O) groups is 1. The molecule has 0 unspecified atom stereocenters. The number of fused-ring (bicyclic) bond motifs is 1. The summed E-state index contributed by atoms with van der Waals surface area (Å²) < 4.78 is 32.1. The lowest BCUT2D eigenvalue weighted by atomic mass is 10.2. The summed E-state index contributed by atoms with van der Waals surface area (Å²) in [7, 11) is -2.17. The molecule has 6 nitrogen and oxygen atoms in total. The highest BCUT2D eigenvalue weighted by Gasteiger charge is 2.19. The Kier molecular flexibility index (Phi) is 5.75. The molecule has 4 aromatic rings. The lowest BCUT2D eigenvalue weighted by molar-refractivity contribution is 0.0955. The molecule has 0 aliphatic rings. The molecule has 0 fully saturated rings. The van der Waals surface area contributed by atoms with E-state index in [1.165, 1.54) is 24.5 Å². The third-order valence-corrected chi connectivity index (χ3v) is 7.64. The van der Waals surface area contributed by atoms with Gasteiger partial charge >= 0.3 is 0 Å². The van der Waals surface area contributed by atoms with Gasteiger partial charge in [0.2, 0.25) is 9.84 Å². The molecule has 2 heterocycles. The van der Waals surface area contributed by atoms with Crippen LogP contribution in [-0.2, 0) is 16.4 Å². The van der Waals surface area contributed by atoms with Gasteiger partial charge in [0, 0.05) is 18.9 Å². The number of amides is 1. The predicted molar refractivity (Wildman–Crippen MR) is 120 cm³/mol. The van der Waals surface area contributed by atoms with Crippen LogP contribution in [0.3, 0.4) is 0 Å². The second-order valence-corrected chi connectivity index (χ2v) is 10.1. The maximum atomic E-state index is 13.0. The summed E-state index contributed by atoms with van der Waals surface area (Å²) in [6, 6.07) is 15.1. The number of thiophene rings is 1. The molecule has 2 aromatic carbocycles. The second kappa shape index (κ2) is 8.49. The van der Waals surface area contributed by atoms with E-state index in [9.17, 15) is 13.2 Å². The standard InChI is InChI=1S/C23H20N2O4S2/c1-15-9-18(29-2)12-20(10-15)31(27,28)19-5-3-16(4-6-19)13-25-23(26)21-11-17-7-8-24-14-22(17)30-21/h3-12,14H,13H2,1-2H3,(H,25,26). The summed E-state index contributed by atoms with van der Waals surface area (Å²) in [6.45, 7) is 2.12. The van der Waals surface area contributed by atoms with E-state index < -0.39 is 9.84 Å². The zero-order valence-electron chi connectivity index (χ0n) is 17.0. The highest BCUT2D eigenvalue weighted by molar-refractivity contribution is 7.91. The first kappa shape index (κ1) is 21.0. The van der Waals surface area contributed by atoms with Crippen molar-refractivity contribution in [3.8, 4) is 5.75 Å². The van der Waals surface area contributed by atoms with Crippen LogP contribution in [-0.4, -0.2) is 26.4 Å². The Labute approximate surface area is 184 Å². The third kappa shape index (κ3) is 4.45. The molecule has 8 heteroatoms. The summed E-state index contributed by atoms with van der Waals surface area (Å²) >= 11 is 1.38. The molecule has 0 bridgehead atoms. The van der Waals surface area contributed by atoms with Crippen molar-refractivity contribution in [2.24, 2.45) is 0 Å². The van der Waals surface area contributed by atoms with Gasteiger partial charge in [-0.3, -0.25) is 9.78 Å². The van der Waals surface area contributed by atoms with E-state index in [-0.39, 0.29) is 15.7 Å². The zero-order valence-corrected chi connectivity index (χ0v) is 18.6. The first-order valence-corrected chi connectivity index (χ1v) is 11.8. The number of nitrogens with one attached hydrogen (secondary N) is 1. The average molecular weight is 453 g/mol. The minimum Gasteiger partial charge on any atom is -0.497 e. The van der Waals surface area contributed by atoms with Crippen LogP contribution < -0.4 is 10.1 Å². The van der Waals surface area contributed by atoms with E-state index >= 15 is 0 Å². The fraction of sp³-hybridized carbons (Fsp3) is 0.130. The molecule has 0 aliphatic heterocycles. The van der Waals surface area contributed by atoms with Crippen molar-refractivity contribution in [3.63, 3.8) is 0 Å². The smallest absolute Gasteiger partial charge is 0.261 e. The van der Waals surface area contributed by atoms with Crippen LogP contribution in [0.15, 0.2) is 76.8 Å². The van der Waals surface area contributed by atoms with E-state index in [2.05, 4.69) is 10.3 Å². The van der Waals surface area contributed by atoms with Crippen LogP contribution in [0.1, 0.15) is 20.8 Å². The molecule has 1 amide bonds. The van der Waals surface area contributed by atoms with Crippen molar-refractivity contribution in [1.82, 2.24) is 10.3 Å². The maximum absolute atomic E-state index is 13.0.